The highest BCUT2D eigenvalue weighted by Gasteiger charge is 2.68. The molecule has 0 aromatic rings. The van der Waals surface area contributed by atoms with Gasteiger partial charge in [0, 0.05) is 18.6 Å². The van der Waals surface area contributed by atoms with Crippen molar-refractivity contribution in [1.82, 2.24) is 5.32 Å². The second-order valence-electron chi connectivity index (χ2n) is 6.75. The number of hydrogen-bond donors (Lipinski definition) is 2. The van der Waals surface area contributed by atoms with Crippen LogP contribution in [0.4, 0.5) is 0 Å². The third-order valence-electron chi connectivity index (χ3n) is 4.86. The third kappa shape index (κ3) is 2.49. The van der Waals surface area contributed by atoms with E-state index in [4.69, 9.17) is 5.11 Å². The van der Waals surface area contributed by atoms with Gasteiger partial charge in [0.1, 0.15) is 0 Å². The summed E-state index contributed by atoms with van der Waals surface area (Å²) in [6.45, 7) is 12.9. The highest BCUT2D eigenvalue weighted by molar-refractivity contribution is 5.84. The Morgan fingerprint density at radius 1 is 1.24 bits per heavy atom. The van der Waals surface area contributed by atoms with E-state index >= 15 is 0 Å². The first kappa shape index (κ1) is 14.5. The first-order valence-electron chi connectivity index (χ1n) is 6.57. The number of hydrogen-bond acceptors (Lipinski definition) is 2. The van der Waals surface area contributed by atoms with Crippen molar-refractivity contribution in [2.45, 2.75) is 54.0 Å². The molecule has 1 aliphatic rings. The molecule has 17 heavy (non-hydrogen) atoms. The fourth-order valence-electron chi connectivity index (χ4n) is 2.83. The minimum Gasteiger partial charge on any atom is -0.396 e. The van der Waals surface area contributed by atoms with Gasteiger partial charge < -0.3 is 10.4 Å². The molecule has 0 aromatic carbocycles. The lowest BCUT2D eigenvalue weighted by Gasteiger charge is -2.22. The van der Waals surface area contributed by atoms with Crippen LogP contribution in [0.25, 0.3) is 0 Å². The van der Waals surface area contributed by atoms with E-state index in [0.717, 1.165) is 0 Å². The number of nitrogens with one attached hydrogen (secondary N) is 1. The van der Waals surface area contributed by atoms with E-state index in [0.29, 0.717) is 12.3 Å². The number of carbonyl (C=O) groups is 1. The zero-order valence-electron chi connectivity index (χ0n) is 12.0. The van der Waals surface area contributed by atoms with Gasteiger partial charge in [0.25, 0.3) is 0 Å². The Balaban J connectivity index is 2.61. The van der Waals surface area contributed by atoms with E-state index < -0.39 is 0 Å². The summed E-state index contributed by atoms with van der Waals surface area (Å²) in [7, 11) is 0. The van der Waals surface area contributed by atoms with Crippen LogP contribution in [-0.2, 0) is 4.79 Å². The van der Waals surface area contributed by atoms with E-state index in [1.165, 1.54) is 0 Å². The fourth-order valence-corrected chi connectivity index (χ4v) is 2.83. The molecule has 0 aromatic heterocycles. The van der Waals surface area contributed by atoms with Crippen LogP contribution in [0.5, 0.6) is 0 Å². The van der Waals surface area contributed by atoms with Crippen LogP contribution in [0, 0.1) is 22.7 Å². The van der Waals surface area contributed by atoms with Crippen molar-refractivity contribution in [3.63, 3.8) is 0 Å². The quantitative estimate of drug-likeness (QED) is 0.775. The SMILES string of the molecule is CC(C)C(CCO)NC(=O)C1C(C)(C)C1(C)C. The second kappa shape index (κ2) is 4.60. The van der Waals surface area contributed by atoms with Crippen molar-refractivity contribution in [3.05, 3.63) is 0 Å². The summed E-state index contributed by atoms with van der Waals surface area (Å²) < 4.78 is 0. The Hall–Kier alpha value is -0.570. The molecule has 0 saturated heterocycles. The summed E-state index contributed by atoms with van der Waals surface area (Å²) in [4.78, 5) is 12.2. The van der Waals surface area contributed by atoms with Gasteiger partial charge in [0.15, 0.2) is 0 Å². The van der Waals surface area contributed by atoms with Crippen molar-refractivity contribution in [2.75, 3.05) is 6.61 Å². The van der Waals surface area contributed by atoms with Crippen LogP contribution in [0.2, 0.25) is 0 Å². The van der Waals surface area contributed by atoms with Crippen molar-refractivity contribution < 1.29 is 9.90 Å². The van der Waals surface area contributed by atoms with Gasteiger partial charge in [-0.2, -0.15) is 0 Å². The molecule has 3 heteroatoms. The average Bonchev–Trinajstić information content (AvgIpc) is 2.56. The largest absolute Gasteiger partial charge is 0.396 e. The molecule has 0 radical (unpaired) electrons. The van der Waals surface area contributed by atoms with Crippen LogP contribution in [0.3, 0.4) is 0 Å². The second-order valence-corrected chi connectivity index (χ2v) is 6.75. The maximum Gasteiger partial charge on any atom is 0.224 e. The predicted octanol–water partition coefficient (Wildman–Crippen LogP) is 2.19. The van der Waals surface area contributed by atoms with Crippen LogP contribution in [0.1, 0.15) is 48.0 Å². The van der Waals surface area contributed by atoms with Gasteiger partial charge in [-0.1, -0.05) is 41.5 Å². The molecule has 0 spiro atoms. The molecule has 0 heterocycles. The molecule has 1 unspecified atom stereocenters. The fraction of sp³-hybridized carbons (Fsp3) is 0.929. The molecule has 1 saturated carbocycles. The Labute approximate surface area is 105 Å². The smallest absolute Gasteiger partial charge is 0.224 e. The molecule has 1 rings (SSSR count). The van der Waals surface area contributed by atoms with E-state index in [-0.39, 0.29) is 35.3 Å². The lowest BCUT2D eigenvalue weighted by Crippen LogP contribution is -2.41. The number of rotatable bonds is 5. The lowest BCUT2D eigenvalue weighted by molar-refractivity contribution is -0.124. The first-order chi connectivity index (χ1) is 7.66. The monoisotopic (exact) mass is 241 g/mol. The van der Waals surface area contributed by atoms with E-state index in [2.05, 4.69) is 46.9 Å². The van der Waals surface area contributed by atoms with Crippen molar-refractivity contribution in [3.8, 4) is 0 Å². The van der Waals surface area contributed by atoms with Gasteiger partial charge >= 0.3 is 0 Å². The molecule has 100 valence electrons. The Morgan fingerprint density at radius 2 is 1.71 bits per heavy atom. The number of aliphatic hydroxyl groups excluding tert-OH is 1. The molecule has 0 aliphatic heterocycles. The normalized spacial score (nSPS) is 23.5. The van der Waals surface area contributed by atoms with Gasteiger partial charge in [-0.05, 0) is 23.2 Å². The van der Waals surface area contributed by atoms with Crippen molar-refractivity contribution >= 4 is 5.91 Å². The molecule has 1 fully saturated rings. The summed E-state index contributed by atoms with van der Waals surface area (Å²) in [5.74, 6) is 0.596. The van der Waals surface area contributed by atoms with Crippen molar-refractivity contribution in [1.29, 1.82) is 0 Å². The van der Waals surface area contributed by atoms with Crippen LogP contribution < -0.4 is 5.32 Å². The molecular weight excluding hydrogens is 214 g/mol. The topological polar surface area (TPSA) is 49.3 Å². The molecular formula is C14H27NO2. The molecule has 1 atom stereocenters. The summed E-state index contributed by atoms with van der Waals surface area (Å²) in [6.07, 6.45) is 0.636. The maximum absolute atomic E-state index is 12.2. The minimum absolute atomic E-state index is 0.0812. The zero-order valence-corrected chi connectivity index (χ0v) is 12.0. The Bertz CT molecular complexity index is 281. The Morgan fingerprint density at radius 3 is 2.00 bits per heavy atom. The van der Waals surface area contributed by atoms with Gasteiger partial charge in [0.2, 0.25) is 5.91 Å². The van der Waals surface area contributed by atoms with Gasteiger partial charge in [-0.3, -0.25) is 4.79 Å². The number of aliphatic hydroxyl groups is 1. The van der Waals surface area contributed by atoms with E-state index in [1.807, 2.05) is 0 Å². The van der Waals surface area contributed by atoms with Crippen LogP contribution >= 0.6 is 0 Å². The average molecular weight is 241 g/mol. The predicted molar refractivity (Wildman–Crippen MR) is 69.5 cm³/mol. The van der Waals surface area contributed by atoms with Crippen LogP contribution in [-0.4, -0.2) is 23.7 Å². The van der Waals surface area contributed by atoms with Crippen molar-refractivity contribution in [2.24, 2.45) is 22.7 Å². The molecule has 1 amide bonds. The summed E-state index contributed by atoms with van der Waals surface area (Å²) in [5.41, 5.74) is 0.162. The van der Waals surface area contributed by atoms with E-state index in [9.17, 15) is 4.79 Å². The standard InChI is InChI=1S/C14H27NO2/c1-9(2)10(7-8-16)15-12(17)11-13(3,4)14(11,5)6/h9-11,16H,7-8H2,1-6H3,(H,15,17). The van der Waals surface area contributed by atoms with Gasteiger partial charge in [-0.15, -0.1) is 0 Å². The summed E-state index contributed by atoms with van der Waals surface area (Å²) in [6, 6.07) is 0.0831. The molecule has 0 bridgehead atoms. The number of carbonyl (C=O) groups excluding carboxylic acids is 1. The maximum atomic E-state index is 12.2. The highest BCUT2D eigenvalue weighted by atomic mass is 16.3. The lowest BCUT2D eigenvalue weighted by atomic mass is 10.0. The van der Waals surface area contributed by atoms with E-state index in [1.54, 1.807) is 0 Å². The van der Waals surface area contributed by atoms with Crippen LogP contribution in [0.15, 0.2) is 0 Å². The van der Waals surface area contributed by atoms with Gasteiger partial charge in [0.05, 0.1) is 0 Å². The molecule has 2 N–H and O–H groups in total. The molecule has 3 nitrogen and oxygen atoms in total. The zero-order chi connectivity index (χ0) is 13.4. The highest BCUT2D eigenvalue weighted by Crippen LogP contribution is 2.68. The third-order valence-corrected chi connectivity index (χ3v) is 4.86. The summed E-state index contributed by atoms with van der Waals surface area (Å²) >= 11 is 0. The molecule has 1 aliphatic carbocycles. The van der Waals surface area contributed by atoms with Gasteiger partial charge in [-0.25, -0.2) is 0 Å². The first-order valence-corrected chi connectivity index (χ1v) is 6.57. The summed E-state index contributed by atoms with van der Waals surface area (Å²) in [5, 5.41) is 12.1. The Kier molecular flexibility index (Phi) is 3.92. The minimum atomic E-state index is 0.0812. The number of amides is 1.